The van der Waals surface area contributed by atoms with Gasteiger partial charge >= 0.3 is 0 Å². The summed E-state index contributed by atoms with van der Waals surface area (Å²) < 4.78 is 22.6. The molecule has 0 aliphatic rings. The predicted molar refractivity (Wildman–Crippen MR) is 59.7 cm³/mol. The van der Waals surface area contributed by atoms with Crippen molar-refractivity contribution in [1.29, 1.82) is 0 Å². The minimum atomic E-state index is -3.87. The molecule has 0 bridgehead atoms. The van der Waals surface area contributed by atoms with E-state index in [9.17, 15) is 8.42 Å². The van der Waals surface area contributed by atoms with E-state index in [1.807, 2.05) is 0 Å². The Labute approximate surface area is 91.3 Å². The van der Waals surface area contributed by atoms with Crippen LogP contribution in [0.1, 0.15) is 0 Å². The first-order chi connectivity index (χ1) is 7.39. The lowest BCUT2D eigenvalue weighted by atomic mass is 10.2. The lowest BCUT2D eigenvalue weighted by Gasteiger charge is -2.06. The molecule has 84 valence electrons. The number of fused-ring (bicyclic) bond motifs is 1. The molecule has 1 aromatic carbocycles. The molecule has 0 fully saturated rings. The Bertz CT molecular complexity index is 667. The molecule has 0 aliphatic carbocycles. The van der Waals surface area contributed by atoms with Crippen LogP contribution in [0, 0.1) is 0 Å². The minimum Gasteiger partial charge on any atom is -0.383 e. The summed E-state index contributed by atoms with van der Waals surface area (Å²) >= 11 is 0. The van der Waals surface area contributed by atoms with Crippen molar-refractivity contribution in [3.8, 4) is 0 Å². The molecule has 0 spiro atoms. The molecule has 0 amide bonds. The smallest absolute Gasteiger partial charge is 0.238 e. The average Bonchev–Trinajstić information content (AvgIpc) is 2.14. The highest BCUT2D eigenvalue weighted by atomic mass is 32.2. The number of benzene rings is 1. The number of sulfonamides is 1. The van der Waals surface area contributed by atoms with Crippen LogP contribution in [0.2, 0.25) is 0 Å². The van der Waals surface area contributed by atoms with E-state index in [0.29, 0.717) is 5.52 Å². The number of aromatic nitrogens is 2. The number of hydrogen-bond donors (Lipinski definition) is 3. The van der Waals surface area contributed by atoms with Crippen LogP contribution in [0.15, 0.2) is 23.1 Å². The number of rotatable bonds is 1. The molecule has 16 heavy (non-hydrogen) atoms. The summed E-state index contributed by atoms with van der Waals surface area (Å²) in [6.45, 7) is 0. The van der Waals surface area contributed by atoms with Crippen LogP contribution < -0.4 is 16.6 Å². The molecule has 0 aliphatic heterocycles. The molecule has 1 heterocycles. The molecular formula is C8H9N5O2S. The molecule has 2 aromatic rings. The molecule has 6 N–H and O–H groups in total. The van der Waals surface area contributed by atoms with Gasteiger partial charge in [-0.1, -0.05) is 6.07 Å². The van der Waals surface area contributed by atoms with Crippen molar-refractivity contribution < 1.29 is 8.42 Å². The second-order valence-corrected chi connectivity index (χ2v) is 4.69. The zero-order valence-electron chi connectivity index (χ0n) is 8.08. The average molecular weight is 239 g/mol. The first-order valence-corrected chi connectivity index (χ1v) is 5.79. The van der Waals surface area contributed by atoms with E-state index in [0.717, 1.165) is 0 Å². The summed E-state index contributed by atoms with van der Waals surface area (Å²) in [4.78, 5) is 7.47. The van der Waals surface area contributed by atoms with Gasteiger partial charge in [0.15, 0.2) is 0 Å². The van der Waals surface area contributed by atoms with Crippen molar-refractivity contribution >= 4 is 32.7 Å². The molecule has 0 radical (unpaired) electrons. The standard InChI is InChI=1S/C8H9N5O2S/c9-7-6-4(12-8(10)13-7)2-1-3-5(6)16(11,14)15/h1-3H,(H2,11,14,15)(H4,9,10,12,13). The van der Waals surface area contributed by atoms with Crippen LogP contribution in [-0.2, 0) is 10.0 Å². The van der Waals surface area contributed by atoms with Gasteiger partial charge in [-0.25, -0.2) is 18.5 Å². The minimum absolute atomic E-state index is 0.00729. The first kappa shape index (κ1) is 10.6. The van der Waals surface area contributed by atoms with Crippen LogP contribution >= 0.6 is 0 Å². The molecule has 7 nitrogen and oxygen atoms in total. The van der Waals surface area contributed by atoms with Crippen molar-refractivity contribution in [2.24, 2.45) is 5.14 Å². The van der Waals surface area contributed by atoms with Gasteiger partial charge < -0.3 is 11.5 Å². The Hall–Kier alpha value is -1.93. The van der Waals surface area contributed by atoms with Crippen LogP contribution in [0.4, 0.5) is 11.8 Å². The topological polar surface area (TPSA) is 138 Å². The van der Waals surface area contributed by atoms with E-state index in [1.54, 1.807) is 6.07 Å². The first-order valence-electron chi connectivity index (χ1n) is 4.24. The van der Waals surface area contributed by atoms with E-state index in [4.69, 9.17) is 16.6 Å². The maximum atomic E-state index is 11.3. The highest BCUT2D eigenvalue weighted by molar-refractivity contribution is 7.89. The quantitative estimate of drug-likeness (QED) is 0.609. The Morgan fingerprint density at radius 3 is 2.44 bits per heavy atom. The molecule has 0 saturated carbocycles. The van der Waals surface area contributed by atoms with Gasteiger partial charge in [0.25, 0.3) is 0 Å². The third-order valence-corrected chi connectivity index (χ3v) is 2.99. The van der Waals surface area contributed by atoms with Gasteiger partial charge in [-0.3, -0.25) is 0 Å². The largest absolute Gasteiger partial charge is 0.383 e. The molecule has 0 atom stereocenters. The van der Waals surface area contributed by atoms with Gasteiger partial charge in [-0.15, -0.1) is 0 Å². The number of nitrogen functional groups attached to an aromatic ring is 2. The van der Waals surface area contributed by atoms with E-state index in [1.165, 1.54) is 12.1 Å². The van der Waals surface area contributed by atoms with E-state index >= 15 is 0 Å². The fourth-order valence-electron chi connectivity index (χ4n) is 1.43. The van der Waals surface area contributed by atoms with Gasteiger partial charge in [0, 0.05) is 0 Å². The van der Waals surface area contributed by atoms with E-state index < -0.39 is 10.0 Å². The normalized spacial score (nSPS) is 11.8. The van der Waals surface area contributed by atoms with Gasteiger partial charge in [-0.05, 0) is 12.1 Å². The van der Waals surface area contributed by atoms with Crippen molar-refractivity contribution in [3.63, 3.8) is 0 Å². The third-order valence-electron chi connectivity index (χ3n) is 2.04. The lowest BCUT2D eigenvalue weighted by molar-refractivity contribution is 0.598. The van der Waals surface area contributed by atoms with Crippen molar-refractivity contribution in [2.75, 3.05) is 11.5 Å². The zero-order chi connectivity index (χ0) is 11.9. The van der Waals surface area contributed by atoms with Gasteiger partial charge in [0.2, 0.25) is 16.0 Å². The second-order valence-electron chi connectivity index (χ2n) is 3.16. The monoisotopic (exact) mass is 239 g/mol. The molecular weight excluding hydrogens is 230 g/mol. The van der Waals surface area contributed by atoms with Crippen molar-refractivity contribution in [2.45, 2.75) is 4.90 Å². The fourth-order valence-corrected chi connectivity index (χ4v) is 2.20. The van der Waals surface area contributed by atoms with Crippen LogP contribution in [0.3, 0.4) is 0 Å². The summed E-state index contributed by atoms with van der Waals surface area (Å²) in [5.41, 5.74) is 11.3. The summed E-state index contributed by atoms with van der Waals surface area (Å²) in [5, 5.41) is 5.25. The van der Waals surface area contributed by atoms with Crippen LogP contribution in [0.5, 0.6) is 0 Å². The van der Waals surface area contributed by atoms with E-state index in [2.05, 4.69) is 9.97 Å². The molecule has 2 rings (SSSR count). The Kier molecular flexibility index (Phi) is 2.17. The SMILES string of the molecule is Nc1nc(N)c2c(S(N)(=O)=O)cccc2n1. The number of nitrogens with zero attached hydrogens (tertiary/aromatic N) is 2. The highest BCUT2D eigenvalue weighted by Crippen LogP contribution is 2.25. The molecule has 0 saturated heterocycles. The third kappa shape index (κ3) is 1.64. The lowest BCUT2D eigenvalue weighted by Crippen LogP contribution is -2.14. The number of hydrogen-bond acceptors (Lipinski definition) is 6. The summed E-state index contributed by atoms with van der Waals surface area (Å²) in [5.74, 6) is -0.0244. The molecule has 0 unspecified atom stereocenters. The van der Waals surface area contributed by atoms with Crippen LogP contribution in [-0.4, -0.2) is 18.4 Å². The van der Waals surface area contributed by atoms with Crippen LogP contribution in [0.25, 0.3) is 10.9 Å². The Balaban J connectivity index is 2.99. The number of primary sulfonamides is 1. The maximum absolute atomic E-state index is 11.3. The van der Waals surface area contributed by atoms with Crippen molar-refractivity contribution in [3.05, 3.63) is 18.2 Å². The van der Waals surface area contributed by atoms with E-state index in [-0.39, 0.29) is 22.0 Å². The molecule has 8 heteroatoms. The predicted octanol–water partition coefficient (Wildman–Crippen LogP) is -0.558. The second kappa shape index (κ2) is 3.29. The fraction of sp³-hybridized carbons (Fsp3) is 0. The van der Waals surface area contributed by atoms with Crippen molar-refractivity contribution in [1.82, 2.24) is 9.97 Å². The van der Waals surface area contributed by atoms with Gasteiger partial charge in [0.1, 0.15) is 5.82 Å². The maximum Gasteiger partial charge on any atom is 0.238 e. The molecule has 1 aromatic heterocycles. The van der Waals surface area contributed by atoms with Gasteiger partial charge in [-0.2, -0.15) is 4.98 Å². The number of anilines is 2. The summed E-state index contributed by atoms with van der Waals surface area (Å²) in [6.07, 6.45) is 0. The summed E-state index contributed by atoms with van der Waals surface area (Å²) in [7, 11) is -3.87. The Morgan fingerprint density at radius 1 is 1.12 bits per heavy atom. The number of nitrogens with two attached hydrogens (primary N) is 3. The summed E-state index contributed by atoms with van der Waals surface area (Å²) in [6, 6.07) is 4.43. The van der Waals surface area contributed by atoms with Gasteiger partial charge in [0.05, 0.1) is 15.8 Å². The highest BCUT2D eigenvalue weighted by Gasteiger charge is 2.16. The zero-order valence-corrected chi connectivity index (χ0v) is 8.90. The Morgan fingerprint density at radius 2 is 1.81 bits per heavy atom.